The topological polar surface area (TPSA) is 41.5 Å². The molecule has 1 unspecified atom stereocenters. The van der Waals surface area contributed by atoms with Gasteiger partial charge in [0.25, 0.3) is 0 Å². The van der Waals surface area contributed by atoms with Crippen LogP contribution in [-0.4, -0.2) is 49.9 Å². The van der Waals surface area contributed by atoms with Crippen LogP contribution in [-0.2, 0) is 4.74 Å². The number of hydrogen-bond acceptors (Lipinski definition) is 3. The van der Waals surface area contributed by atoms with Crippen LogP contribution in [0.15, 0.2) is 0 Å². The summed E-state index contributed by atoms with van der Waals surface area (Å²) in [5.41, 5.74) is 0. The Balaban J connectivity index is 4.36. The average molecular weight is 255 g/mol. The minimum absolute atomic E-state index is 0.164. The van der Waals surface area contributed by atoms with Gasteiger partial charge in [0.05, 0.1) is 12.7 Å². The molecule has 3 nitrogen and oxygen atoms in total. The van der Waals surface area contributed by atoms with Gasteiger partial charge in [0.15, 0.2) is 0 Å². The van der Waals surface area contributed by atoms with Gasteiger partial charge in [-0.25, -0.2) is 0 Å². The van der Waals surface area contributed by atoms with E-state index >= 15 is 0 Å². The van der Waals surface area contributed by atoms with Crippen LogP contribution >= 0.6 is 0 Å². The van der Waals surface area contributed by atoms with Crippen LogP contribution in [0.4, 0.5) is 26.3 Å². The molecule has 0 aliphatic carbocycles. The Morgan fingerprint density at radius 1 is 1.12 bits per heavy atom. The molecular formula is C7H11F6NO2. The molecule has 0 rings (SSSR count). The predicted molar refractivity (Wildman–Crippen MR) is 41.8 cm³/mol. The van der Waals surface area contributed by atoms with Crippen molar-refractivity contribution < 1.29 is 36.2 Å². The molecular weight excluding hydrogens is 244 g/mol. The highest BCUT2D eigenvalue weighted by Crippen LogP contribution is 2.35. The quantitative estimate of drug-likeness (QED) is 0.722. The first-order chi connectivity index (χ1) is 7.09. The summed E-state index contributed by atoms with van der Waals surface area (Å²) in [6, 6.07) is 0. The van der Waals surface area contributed by atoms with Gasteiger partial charge in [-0.3, -0.25) is 0 Å². The maximum atomic E-state index is 11.9. The number of halogens is 6. The molecule has 0 saturated carbocycles. The number of ether oxygens (including phenoxy) is 1. The lowest BCUT2D eigenvalue weighted by molar-refractivity contribution is -0.324. The third-order valence-electron chi connectivity index (χ3n) is 1.49. The molecule has 0 aliphatic heterocycles. The van der Waals surface area contributed by atoms with Crippen LogP contribution in [0.25, 0.3) is 0 Å². The Morgan fingerprint density at radius 3 is 1.88 bits per heavy atom. The second-order valence-corrected chi connectivity index (χ2v) is 3.01. The SMILES string of the molecule is CNCC(O)COC(C(F)(F)F)C(F)(F)F. The van der Waals surface area contributed by atoms with Gasteiger partial charge in [-0.15, -0.1) is 0 Å². The number of aliphatic hydroxyl groups excluding tert-OH is 1. The highest BCUT2D eigenvalue weighted by Gasteiger charge is 2.58. The fraction of sp³-hybridized carbons (Fsp3) is 1.00. The third kappa shape index (κ3) is 5.52. The summed E-state index contributed by atoms with van der Waals surface area (Å²) in [4.78, 5) is 0. The Bertz CT molecular complexity index is 190. The van der Waals surface area contributed by atoms with E-state index in [9.17, 15) is 26.3 Å². The number of aliphatic hydroxyl groups is 1. The van der Waals surface area contributed by atoms with Gasteiger partial charge in [0, 0.05) is 6.54 Å². The van der Waals surface area contributed by atoms with Crippen molar-refractivity contribution in [3.05, 3.63) is 0 Å². The molecule has 0 bridgehead atoms. The number of hydrogen-bond donors (Lipinski definition) is 2. The Labute approximate surface area is 87.4 Å². The maximum absolute atomic E-state index is 11.9. The zero-order valence-corrected chi connectivity index (χ0v) is 8.19. The second kappa shape index (κ2) is 5.69. The standard InChI is InChI=1S/C7H11F6NO2/c1-14-2-4(15)3-16-5(6(8,9)10)7(11,12)13/h4-5,14-15H,2-3H2,1H3. The first kappa shape index (κ1) is 15.5. The van der Waals surface area contributed by atoms with E-state index in [1.807, 2.05) is 0 Å². The summed E-state index contributed by atoms with van der Waals surface area (Å²) >= 11 is 0. The van der Waals surface area contributed by atoms with E-state index in [4.69, 9.17) is 5.11 Å². The first-order valence-electron chi connectivity index (χ1n) is 4.16. The van der Waals surface area contributed by atoms with Gasteiger partial charge in [-0.05, 0) is 7.05 Å². The third-order valence-corrected chi connectivity index (χ3v) is 1.49. The molecule has 0 amide bonds. The van der Waals surface area contributed by atoms with Crippen molar-refractivity contribution in [1.29, 1.82) is 0 Å². The minimum Gasteiger partial charge on any atom is -0.389 e. The zero-order valence-electron chi connectivity index (χ0n) is 8.19. The number of rotatable bonds is 5. The summed E-state index contributed by atoms with van der Waals surface area (Å²) in [6.07, 6.45) is -16.4. The highest BCUT2D eigenvalue weighted by molar-refractivity contribution is 4.76. The van der Waals surface area contributed by atoms with Crippen molar-refractivity contribution in [3.63, 3.8) is 0 Å². The number of alkyl halides is 6. The van der Waals surface area contributed by atoms with E-state index in [-0.39, 0.29) is 6.54 Å². The van der Waals surface area contributed by atoms with Crippen molar-refractivity contribution in [2.45, 2.75) is 24.6 Å². The van der Waals surface area contributed by atoms with Crippen molar-refractivity contribution in [1.82, 2.24) is 5.32 Å². The molecule has 0 aromatic rings. The van der Waals surface area contributed by atoms with Gasteiger partial charge >= 0.3 is 12.4 Å². The monoisotopic (exact) mass is 255 g/mol. The molecule has 2 N–H and O–H groups in total. The molecule has 0 fully saturated rings. The van der Waals surface area contributed by atoms with Crippen LogP contribution in [0.5, 0.6) is 0 Å². The molecule has 0 aliphatic rings. The second-order valence-electron chi connectivity index (χ2n) is 3.01. The Kier molecular flexibility index (Phi) is 5.50. The minimum atomic E-state index is -5.54. The molecule has 98 valence electrons. The van der Waals surface area contributed by atoms with Crippen molar-refractivity contribution in [2.24, 2.45) is 0 Å². The maximum Gasteiger partial charge on any atom is 0.423 e. The molecule has 16 heavy (non-hydrogen) atoms. The Morgan fingerprint density at radius 2 is 1.56 bits per heavy atom. The molecule has 0 saturated heterocycles. The van der Waals surface area contributed by atoms with Crippen LogP contribution < -0.4 is 5.32 Å². The van der Waals surface area contributed by atoms with E-state index < -0.39 is 31.2 Å². The van der Waals surface area contributed by atoms with E-state index in [2.05, 4.69) is 10.1 Å². The highest BCUT2D eigenvalue weighted by atomic mass is 19.4. The summed E-state index contributed by atoms with van der Waals surface area (Å²) < 4.78 is 75.1. The van der Waals surface area contributed by atoms with E-state index in [0.29, 0.717) is 0 Å². The van der Waals surface area contributed by atoms with Gasteiger partial charge < -0.3 is 15.2 Å². The van der Waals surface area contributed by atoms with Gasteiger partial charge in [0.1, 0.15) is 0 Å². The number of nitrogens with one attached hydrogen (secondary N) is 1. The summed E-state index contributed by atoms with van der Waals surface area (Å²) in [7, 11) is 1.38. The largest absolute Gasteiger partial charge is 0.423 e. The predicted octanol–water partition coefficient (Wildman–Crippen LogP) is 1.08. The van der Waals surface area contributed by atoms with E-state index in [1.165, 1.54) is 7.05 Å². The lowest BCUT2D eigenvalue weighted by Gasteiger charge is -2.24. The molecule has 9 heteroatoms. The van der Waals surface area contributed by atoms with Crippen molar-refractivity contribution in [3.8, 4) is 0 Å². The Hall–Kier alpha value is -0.540. The molecule has 0 aromatic carbocycles. The van der Waals surface area contributed by atoms with Crippen LogP contribution in [0.3, 0.4) is 0 Å². The van der Waals surface area contributed by atoms with Crippen molar-refractivity contribution >= 4 is 0 Å². The molecule has 0 spiro atoms. The molecule has 0 aromatic heterocycles. The van der Waals surface area contributed by atoms with Crippen molar-refractivity contribution in [2.75, 3.05) is 20.2 Å². The molecule has 0 heterocycles. The lowest BCUT2D eigenvalue weighted by atomic mass is 10.3. The smallest absolute Gasteiger partial charge is 0.389 e. The van der Waals surface area contributed by atoms with Crippen LogP contribution in [0, 0.1) is 0 Å². The van der Waals surface area contributed by atoms with E-state index in [0.717, 1.165) is 0 Å². The number of likely N-dealkylation sites (N-methyl/N-ethyl adjacent to an activating group) is 1. The van der Waals surface area contributed by atoms with E-state index in [1.54, 1.807) is 0 Å². The van der Waals surface area contributed by atoms with Gasteiger partial charge in [-0.2, -0.15) is 26.3 Å². The van der Waals surface area contributed by atoms with Gasteiger partial charge in [-0.1, -0.05) is 0 Å². The molecule has 1 atom stereocenters. The molecule has 0 radical (unpaired) electrons. The lowest BCUT2D eigenvalue weighted by Crippen LogP contribution is -2.46. The average Bonchev–Trinajstić information content (AvgIpc) is 1.99. The fourth-order valence-electron chi connectivity index (χ4n) is 0.876. The summed E-state index contributed by atoms with van der Waals surface area (Å²) in [6.45, 7) is -1.22. The first-order valence-corrected chi connectivity index (χ1v) is 4.16. The fourth-order valence-corrected chi connectivity index (χ4v) is 0.876. The summed E-state index contributed by atoms with van der Waals surface area (Å²) in [5.74, 6) is 0. The van der Waals surface area contributed by atoms with Crippen LogP contribution in [0.1, 0.15) is 0 Å². The zero-order chi connectivity index (χ0) is 13.0. The summed E-state index contributed by atoms with van der Waals surface area (Å²) in [5, 5.41) is 11.3. The van der Waals surface area contributed by atoms with Crippen LogP contribution in [0.2, 0.25) is 0 Å². The normalized spacial score (nSPS) is 15.6. The van der Waals surface area contributed by atoms with Gasteiger partial charge in [0.2, 0.25) is 6.10 Å².